The Morgan fingerprint density at radius 1 is 0.977 bits per heavy atom. The Morgan fingerprint density at radius 3 is 2.42 bits per heavy atom. The van der Waals surface area contributed by atoms with Crippen molar-refractivity contribution in [3.8, 4) is 17.2 Å². The molecule has 222 valence electrons. The number of methoxy groups -OCH3 is 2. The van der Waals surface area contributed by atoms with Gasteiger partial charge in [0.15, 0.2) is 15.8 Å². The molecule has 1 N–H and O–H groups in total. The summed E-state index contributed by atoms with van der Waals surface area (Å²) in [5.41, 5.74) is 1.97. The number of aromatic nitrogens is 2. The number of anilines is 1. The number of benzene rings is 3. The quantitative estimate of drug-likeness (QED) is 0.0466. The largest absolute Gasteiger partial charge is 0.507 e. The van der Waals surface area contributed by atoms with Gasteiger partial charge in [0.1, 0.15) is 11.5 Å². The van der Waals surface area contributed by atoms with E-state index in [1.54, 1.807) is 42.5 Å². The minimum Gasteiger partial charge on any atom is -0.507 e. The molecule has 5 rings (SSSR count). The van der Waals surface area contributed by atoms with Crippen LogP contribution in [0.2, 0.25) is 0 Å². The van der Waals surface area contributed by atoms with E-state index >= 15 is 0 Å². The van der Waals surface area contributed by atoms with Gasteiger partial charge in [-0.25, -0.2) is 0 Å². The lowest BCUT2D eigenvalue weighted by atomic mass is 9.95. The molecule has 43 heavy (non-hydrogen) atoms. The Hall–Kier alpha value is -4.35. The van der Waals surface area contributed by atoms with E-state index in [2.05, 4.69) is 17.1 Å². The lowest BCUT2D eigenvalue weighted by Gasteiger charge is -2.23. The van der Waals surface area contributed by atoms with Crippen molar-refractivity contribution in [3.63, 3.8) is 0 Å². The highest BCUT2D eigenvalue weighted by Gasteiger charge is 2.48. The van der Waals surface area contributed by atoms with Gasteiger partial charge >= 0.3 is 5.91 Å². The van der Waals surface area contributed by atoms with Gasteiger partial charge in [0.2, 0.25) is 5.13 Å². The number of thioether (sulfide) groups is 1. The molecule has 1 saturated heterocycles. The van der Waals surface area contributed by atoms with Gasteiger partial charge in [-0.2, -0.15) is 0 Å². The summed E-state index contributed by atoms with van der Waals surface area (Å²) >= 11 is 2.70. The number of hydrogen-bond donors (Lipinski definition) is 1. The predicted octanol–water partition coefficient (Wildman–Crippen LogP) is 6.65. The van der Waals surface area contributed by atoms with E-state index in [1.807, 2.05) is 30.3 Å². The number of aliphatic hydroxyl groups is 1. The number of ether oxygens (including phenoxy) is 3. The van der Waals surface area contributed by atoms with E-state index in [4.69, 9.17) is 14.2 Å². The maximum absolute atomic E-state index is 13.6. The molecule has 1 atom stereocenters. The summed E-state index contributed by atoms with van der Waals surface area (Å²) in [6.07, 6.45) is 1.94. The molecular formula is C32H31N3O6S2. The van der Waals surface area contributed by atoms with Crippen LogP contribution in [0.5, 0.6) is 17.2 Å². The first kappa shape index (κ1) is 30.1. The van der Waals surface area contributed by atoms with Crippen molar-refractivity contribution < 1.29 is 28.9 Å². The van der Waals surface area contributed by atoms with Gasteiger partial charge in [0.05, 0.1) is 32.4 Å². The SMILES string of the molecule is CCCCOc1ccc(/C(O)=C2/C(=O)C(=O)N(c3nnc(SCc4ccccc4)s3)C2c2ccc(OC)c(OC)c2)cc1. The number of hydrogen-bond acceptors (Lipinski definition) is 10. The number of nitrogens with zero attached hydrogens (tertiary/aromatic N) is 3. The van der Waals surface area contributed by atoms with Crippen molar-refractivity contribution in [2.24, 2.45) is 0 Å². The monoisotopic (exact) mass is 617 g/mol. The second-order valence-electron chi connectivity index (χ2n) is 9.63. The summed E-state index contributed by atoms with van der Waals surface area (Å²) in [6.45, 7) is 2.67. The fraction of sp³-hybridized carbons (Fsp3) is 0.250. The molecule has 11 heteroatoms. The van der Waals surface area contributed by atoms with Crippen molar-refractivity contribution in [2.45, 2.75) is 35.9 Å². The smallest absolute Gasteiger partial charge is 0.301 e. The zero-order chi connectivity index (χ0) is 30.3. The van der Waals surface area contributed by atoms with Gasteiger partial charge in [-0.15, -0.1) is 10.2 Å². The van der Waals surface area contributed by atoms with E-state index in [0.717, 1.165) is 18.4 Å². The average molecular weight is 618 g/mol. The summed E-state index contributed by atoms with van der Waals surface area (Å²) in [5.74, 6) is 0.282. The molecule has 3 aromatic carbocycles. The molecule has 0 aliphatic carbocycles. The number of aliphatic hydroxyl groups excluding tert-OH is 1. The Morgan fingerprint density at radius 2 is 1.72 bits per heavy atom. The van der Waals surface area contributed by atoms with Gasteiger partial charge in [-0.05, 0) is 53.9 Å². The first-order valence-corrected chi connectivity index (χ1v) is 15.5. The number of amides is 1. The fourth-order valence-electron chi connectivity index (χ4n) is 4.64. The third-order valence-corrected chi connectivity index (χ3v) is 9.00. The van der Waals surface area contributed by atoms with Crippen LogP contribution in [-0.4, -0.2) is 47.8 Å². The Labute approximate surface area is 258 Å². The van der Waals surface area contributed by atoms with Gasteiger partial charge in [0, 0.05) is 11.3 Å². The number of unbranched alkanes of at least 4 members (excludes halogenated alkanes) is 1. The molecule has 1 aliphatic rings. The normalized spacial score (nSPS) is 16.0. The van der Waals surface area contributed by atoms with Gasteiger partial charge in [0.25, 0.3) is 5.78 Å². The molecule has 0 bridgehead atoms. The summed E-state index contributed by atoms with van der Waals surface area (Å²) < 4.78 is 17.3. The molecule has 0 radical (unpaired) electrons. The molecule has 2 heterocycles. The van der Waals surface area contributed by atoms with Crippen LogP contribution >= 0.6 is 23.1 Å². The van der Waals surface area contributed by atoms with E-state index in [9.17, 15) is 14.7 Å². The fourth-order valence-corrected chi connectivity index (χ4v) is 6.47. The number of carbonyl (C=O) groups excluding carboxylic acids is 2. The number of Topliss-reactive ketones (excluding diaryl/α,β-unsaturated/α-hetero) is 1. The minimum absolute atomic E-state index is 0.0643. The second-order valence-corrected chi connectivity index (χ2v) is 11.8. The highest BCUT2D eigenvalue weighted by Crippen LogP contribution is 2.45. The summed E-state index contributed by atoms with van der Waals surface area (Å²) in [6, 6.07) is 20.9. The molecule has 9 nitrogen and oxygen atoms in total. The van der Waals surface area contributed by atoms with Crippen LogP contribution in [0, 0.1) is 0 Å². The van der Waals surface area contributed by atoms with Crippen LogP contribution in [0.4, 0.5) is 5.13 Å². The van der Waals surface area contributed by atoms with Crippen molar-refractivity contribution in [1.29, 1.82) is 0 Å². The van der Waals surface area contributed by atoms with Crippen molar-refractivity contribution in [3.05, 3.63) is 95.1 Å². The van der Waals surface area contributed by atoms with E-state index in [-0.39, 0.29) is 16.5 Å². The molecule has 1 aromatic heterocycles. The highest BCUT2D eigenvalue weighted by molar-refractivity contribution is 8.00. The molecule has 1 fully saturated rings. The molecule has 4 aromatic rings. The lowest BCUT2D eigenvalue weighted by Crippen LogP contribution is -2.29. The Kier molecular flexibility index (Phi) is 9.63. The van der Waals surface area contributed by atoms with Crippen LogP contribution in [0.25, 0.3) is 5.76 Å². The first-order chi connectivity index (χ1) is 20.9. The maximum Gasteiger partial charge on any atom is 0.301 e. The highest BCUT2D eigenvalue weighted by atomic mass is 32.2. The van der Waals surface area contributed by atoms with Crippen LogP contribution < -0.4 is 19.1 Å². The minimum atomic E-state index is -0.986. The van der Waals surface area contributed by atoms with Crippen molar-refractivity contribution >= 4 is 45.7 Å². The zero-order valence-electron chi connectivity index (χ0n) is 24.0. The summed E-state index contributed by atoms with van der Waals surface area (Å²) in [7, 11) is 3.03. The third-order valence-electron chi connectivity index (χ3n) is 6.87. The first-order valence-electron chi connectivity index (χ1n) is 13.7. The molecule has 1 aliphatic heterocycles. The Bertz CT molecular complexity index is 1620. The van der Waals surface area contributed by atoms with Gasteiger partial charge < -0.3 is 19.3 Å². The van der Waals surface area contributed by atoms with Crippen LogP contribution in [0.15, 0.2) is 82.7 Å². The molecule has 1 amide bonds. The Balaban J connectivity index is 1.54. The van der Waals surface area contributed by atoms with Crippen LogP contribution in [-0.2, 0) is 15.3 Å². The van der Waals surface area contributed by atoms with E-state index < -0.39 is 17.7 Å². The zero-order valence-corrected chi connectivity index (χ0v) is 25.6. The van der Waals surface area contributed by atoms with E-state index in [1.165, 1.54) is 42.2 Å². The maximum atomic E-state index is 13.6. The number of carbonyl (C=O) groups is 2. The molecule has 0 saturated carbocycles. The topological polar surface area (TPSA) is 111 Å². The van der Waals surface area contributed by atoms with Crippen LogP contribution in [0.3, 0.4) is 0 Å². The predicted molar refractivity (Wildman–Crippen MR) is 167 cm³/mol. The van der Waals surface area contributed by atoms with Crippen LogP contribution in [0.1, 0.15) is 42.5 Å². The molecule has 1 unspecified atom stereocenters. The number of rotatable bonds is 12. The van der Waals surface area contributed by atoms with Gasteiger partial charge in [-0.3, -0.25) is 14.5 Å². The molecular weight excluding hydrogens is 587 g/mol. The summed E-state index contributed by atoms with van der Waals surface area (Å²) in [5, 5.41) is 20.3. The van der Waals surface area contributed by atoms with Crippen molar-refractivity contribution in [1.82, 2.24) is 10.2 Å². The third kappa shape index (κ3) is 6.52. The average Bonchev–Trinajstić information content (AvgIpc) is 3.62. The summed E-state index contributed by atoms with van der Waals surface area (Å²) in [4.78, 5) is 28.5. The second kappa shape index (κ2) is 13.7. The lowest BCUT2D eigenvalue weighted by molar-refractivity contribution is -0.132. The standard InChI is InChI=1S/C32H31N3O6S2/c1-4-5-17-41-23-14-11-21(12-15-23)28(36)26-27(22-13-16-24(39-2)25(18-22)40-3)35(30(38)29(26)37)31-33-34-32(43-31)42-19-20-9-7-6-8-10-20/h6-16,18,27,36H,4-5,17,19H2,1-3H3/b28-26-. The van der Waals surface area contributed by atoms with Crippen molar-refractivity contribution in [2.75, 3.05) is 25.7 Å². The van der Waals surface area contributed by atoms with E-state index in [0.29, 0.717) is 45.1 Å². The van der Waals surface area contributed by atoms with Gasteiger partial charge in [-0.1, -0.05) is 72.8 Å². The molecule has 0 spiro atoms. The number of ketones is 1.